The molecule has 1 amide bonds. The Kier molecular flexibility index (Phi) is 5.46. The number of amides is 1. The summed E-state index contributed by atoms with van der Waals surface area (Å²) in [6, 6.07) is 13.6. The Balaban J connectivity index is 1.42. The number of primary sulfonamides is 1. The quantitative estimate of drug-likeness (QED) is 0.837. The molecule has 0 bridgehead atoms. The molecule has 0 spiro atoms. The molecule has 2 aliphatic rings. The summed E-state index contributed by atoms with van der Waals surface area (Å²) in [6.45, 7) is 5.22. The van der Waals surface area contributed by atoms with Gasteiger partial charge in [0, 0.05) is 37.8 Å². The maximum atomic E-state index is 13.0. The second kappa shape index (κ2) is 7.89. The van der Waals surface area contributed by atoms with Crippen LogP contribution in [-0.4, -0.2) is 49.8 Å². The molecule has 2 aliphatic heterocycles. The van der Waals surface area contributed by atoms with Gasteiger partial charge in [-0.2, -0.15) is 0 Å². The van der Waals surface area contributed by atoms with E-state index in [9.17, 15) is 13.2 Å². The van der Waals surface area contributed by atoms with Gasteiger partial charge in [-0.3, -0.25) is 9.69 Å². The summed E-state index contributed by atoms with van der Waals surface area (Å²) in [5.41, 5.74) is 4.04. The van der Waals surface area contributed by atoms with Crippen molar-refractivity contribution in [3.63, 3.8) is 0 Å². The van der Waals surface area contributed by atoms with Crippen LogP contribution in [0, 0.1) is 6.92 Å². The number of aryl methyl sites for hydroxylation is 1. The van der Waals surface area contributed by atoms with E-state index in [1.165, 1.54) is 23.3 Å². The molecular weight excluding hydrogens is 386 g/mol. The molecule has 154 valence electrons. The van der Waals surface area contributed by atoms with E-state index in [0.29, 0.717) is 24.7 Å². The summed E-state index contributed by atoms with van der Waals surface area (Å²) < 4.78 is 23.3. The highest BCUT2D eigenvalue weighted by Gasteiger charge is 2.30. The molecule has 2 heterocycles. The standard InChI is InChI=1S/C22H27N3O3S/c1-16-6-7-20(29(23,27)28)14-21(16)22(26)24-12-9-19(10-13-24)25-11-8-17-4-2-3-5-18(17)15-25/h2-7,14,19H,8-13,15H2,1H3,(H2,23,27,28). The first kappa shape index (κ1) is 20.1. The van der Waals surface area contributed by atoms with Crippen molar-refractivity contribution in [3.8, 4) is 0 Å². The smallest absolute Gasteiger partial charge is 0.254 e. The molecule has 0 aliphatic carbocycles. The van der Waals surface area contributed by atoms with Crippen LogP contribution in [0.15, 0.2) is 47.4 Å². The summed E-state index contributed by atoms with van der Waals surface area (Å²) in [6.07, 6.45) is 2.94. The van der Waals surface area contributed by atoms with E-state index in [1.807, 2.05) is 11.8 Å². The van der Waals surface area contributed by atoms with Crippen molar-refractivity contribution >= 4 is 15.9 Å². The van der Waals surface area contributed by atoms with E-state index < -0.39 is 10.0 Å². The van der Waals surface area contributed by atoms with Gasteiger partial charge in [0.25, 0.3) is 5.91 Å². The third kappa shape index (κ3) is 4.22. The molecule has 2 aromatic carbocycles. The molecule has 4 rings (SSSR count). The number of nitrogens with two attached hydrogens (primary N) is 1. The van der Waals surface area contributed by atoms with Crippen LogP contribution >= 0.6 is 0 Å². The molecule has 0 aromatic heterocycles. The van der Waals surface area contributed by atoms with Crippen LogP contribution in [0.3, 0.4) is 0 Å². The summed E-state index contributed by atoms with van der Waals surface area (Å²) >= 11 is 0. The van der Waals surface area contributed by atoms with Gasteiger partial charge in [-0.15, -0.1) is 0 Å². The van der Waals surface area contributed by atoms with Crippen molar-refractivity contribution in [2.24, 2.45) is 5.14 Å². The summed E-state index contributed by atoms with van der Waals surface area (Å²) in [5.74, 6) is -0.115. The Morgan fingerprint density at radius 3 is 2.41 bits per heavy atom. The van der Waals surface area contributed by atoms with Gasteiger partial charge in [-0.05, 0) is 55.0 Å². The zero-order valence-electron chi connectivity index (χ0n) is 16.7. The van der Waals surface area contributed by atoms with E-state index in [1.54, 1.807) is 6.07 Å². The van der Waals surface area contributed by atoms with Crippen LogP contribution in [-0.2, 0) is 23.0 Å². The third-order valence-electron chi connectivity index (χ3n) is 6.20. The summed E-state index contributed by atoms with van der Waals surface area (Å²) in [5, 5.41) is 5.23. The number of hydrogen-bond acceptors (Lipinski definition) is 4. The summed E-state index contributed by atoms with van der Waals surface area (Å²) in [4.78, 5) is 17.4. The maximum absolute atomic E-state index is 13.0. The monoisotopic (exact) mass is 413 g/mol. The van der Waals surface area contributed by atoms with Crippen molar-refractivity contribution in [1.29, 1.82) is 0 Å². The van der Waals surface area contributed by atoms with Gasteiger partial charge in [0.05, 0.1) is 4.90 Å². The number of benzene rings is 2. The fourth-order valence-corrected chi connectivity index (χ4v) is 4.98. The normalized spacial score (nSPS) is 18.5. The lowest BCUT2D eigenvalue weighted by molar-refractivity contribution is 0.0598. The number of nitrogens with zero attached hydrogens (tertiary/aromatic N) is 2. The van der Waals surface area contributed by atoms with E-state index >= 15 is 0 Å². The largest absolute Gasteiger partial charge is 0.339 e. The van der Waals surface area contributed by atoms with Gasteiger partial charge < -0.3 is 4.90 Å². The number of fused-ring (bicyclic) bond motifs is 1. The molecule has 0 atom stereocenters. The number of sulfonamides is 1. The van der Waals surface area contributed by atoms with Crippen LogP contribution in [0.2, 0.25) is 0 Å². The number of piperidine rings is 1. The van der Waals surface area contributed by atoms with Gasteiger partial charge >= 0.3 is 0 Å². The van der Waals surface area contributed by atoms with Crippen molar-refractivity contribution in [2.45, 2.75) is 43.7 Å². The molecular formula is C22H27N3O3S. The highest BCUT2D eigenvalue weighted by atomic mass is 32.2. The minimum absolute atomic E-state index is 0.0201. The van der Waals surface area contributed by atoms with Crippen LogP contribution in [0.4, 0.5) is 0 Å². The Morgan fingerprint density at radius 2 is 1.72 bits per heavy atom. The zero-order valence-corrected chi connectivity index (χ0v) is 17.5. The number of likely N-dealkylation sites (tertiary alicyclic amines) is 1. The lowest BCUT2D eigenvalue weighted by atomic mass is 9.95. The van der Waals surface area contributed by atoms with Crippen molar-refractivity contribution < 1.29 is 13.2 Å². The Bertz CT molecular complexity index is 1030. The lowest BCUT2D eigenvalue weighted by Crippen LogP contribution is -2.48. The lowest BCUT2D eigenvalue weighted by Gasteiger charge is -2.40. The second-order valence-corrected chi connectivity index (χ2v) is 9.60. The SMILES string of the molecule is Cc1ccc(S(N)(=O)=O)cc1C(=O)N1CCC(N2CCc3ccccc3C2)CC1. The number of hydrogen-bond donors (Lipinski definition) is 1. The van der Waals surface area contributed by atoms with E-state index in [-0.39, 0.29) is 10.8 Å². The second-order valence-electron chi connectivity index (χ2n) is 8.03. The van der Waals surface area contributed by atoms with Gasteiger partial charge in [0.1, 0.15) is 0 Å². The molecule has 7 heteroatoms. The molecule has 2 aromatic rings. The molecule has 1 fully saturated rings. The maximum Gasteiger partial charge on any atom is 0.254 e. The molecule has 0 radical (unpaired) electrons. The highest BCUT2D eigenvalue weighted by molar-refractivity contribution is 7.89. The molecule has 1 saturated heterocycles. The average Bonchev–Trinajstić information content (AvgIpc) is 2.72. The fraction of sp³-hybridized carbons (Fsp3) is 0.409. The van der Waals surface area contributed by atoms with Gasteiger partial charge in [0.15, 0.2) is 0 Å². The van der Waals surface area contributed by atoms with Crippen LogP contribution in [0.25, 0.3) is 0 Å². The van der Waals surface area contributed by atoms with Crippen molar-refractivity contribution in [3.05, 3.63) is 64.7 Å². The van der Waals surface area contributed by atoms with Gasteiger partial charge in [0.2, 0.25) is 10.0 Å². The van der Waals surface area contributed by atoms with Crippen molar-refractivity contribution in [1.82, 2.24) is 9.80 Å². The topological polar surface area (TPSA) is 83.7 Å². The van der Waals surface area contributed by atoms with Crippen LogP contribution in [0.1, 0.15) is 39.9 Å². The number of carbonyl (C=O) groups is 1. The number of carbonyl (C=O) groups excluding carboxylic acids is 1. The fourth-order valence-electron chi connectivity index (χ4n) is 4.44. The highest BCUT2D eigenvalue weighted by Crippen LogP contribution is 2.26. The third-order valence-corrected chi connectivity index (χ3v) is 7.11. The minimum atomic E-state index is -3.83. The Hall–Kier alpha value is -2.22. The van der Waals surface area contributed by atoms with E-state index in [2.05, 4.69) is 29.2 Å². The van der Waals surface area contributed by atoms with E-state index in [0.717, 1.165) is 37.9 Å². The Labute approximate surface area is 172 Å². The predicted octanol–water partition coefficient (Wildman–Crippen LogP) is 2.31. The van der Waals surface area contributed by atoms with Gasteiger partial charge in [-0.25, -0.2) is 13.6 Å². The first-order valence-electron chi connectivity index (χ1n) is 10.1. The van der Waals surface area contributed by atoms with Crippen LogP contribution in [0.5, 0.6) is 0 Å². The van der Waals surface area contributed by atoms with Crippen LogP contribution < -0.4 is 5.14 Å². The molecule has 0 unspecified atom stereocenters. The van der Waals surface area contributed by atoms with Crippen molar-refractivity contribution in [2.75, 3.05) is 19.6 Å². The zero-order chi connectivity index (χ0) is 20.6. The van der Waals surface area contributed by atoms with Gasteiger partial charge in [-0.1, -0.05) is 30.3 Å². The first-order chi connectivity index (χ1) is 13.8. The summed E-state index contributed by atoms with van der Waals surface area (Å²) in [7, 11) is -3.83. The average molecular weight is 414 g/mol. The first-order valence-corrected chi connectivity index (χ1v) is 11.6. The Morgan fingerprint density at radius 1 is 1.03 bits per heavy atom. The molecule has 29 heavy (non-hydrogen) atoms. The molecule has 2 N–H and O–H groups in total. The molecule has 0 saturated carbocycles. The minimum Gasteiger partial charge on any atom is -0.339 e. The van der Waals surface area contributed by atoms with E-state index in [4.69, 9.17) is 5.14 Å². The number of rotatable bonds is 3. The predicted molar refractivity (Wildman–Crippen MR) is 112 cm³/mol. The molecule has 6 nitrogen and oxygen atoms in total.